The van der Waals surface area contributed by atoms with Crippen LogP contribution in [-0.4, -0.2) is 31.7 Å². The molecule has 0 saturated heterocycles. The number of aryl methyl sites for hydroxylation is 1. The second kappa shape index (κ2) is 9.31. The second-order valence-electron chi connectivity index (χ2n) is 8.07. The van der Waals surface area contributed by atoms with Crippen LogP contribution in [0.15, 0.2) is 48.7 Å². The molecule has 1 aliphatic carbocycles. The Labute approximate surface area is 173 Å². The van der Waals surface area contributed by atoms with Gasteiger partial charge in [-0.1, -0.05) is 49.7 Å². The van der Waals surface area contributed by atoms with Crippen LogP contribution in [0.25, 0.3) is 0 Å². The number of unbranched alkanes of at least 4 members (excludes halogenated alkanes) is 1. The zero-order chi connectivity index (χ0) is 20.1. The highest BCUT2D eigenvalue weighted by Crippen LogP contribution is 2.32. The third-order valence-electron chi connectivity index (χ3n) is 5.93. The molecule has 0 saturated carbocycles. The highest BCUT2D eigenvalue weighted by Gasteiger charge is 2.26. The van der Waals surface area contributed by atoms with E-state index >= 15 is 0 Å². The molecule has 0 aliphatic heterocycles. The molecule has 0 spiro atoms. The molecule has 5 heteroatoms. The molecule has 1 aliphatic rings. The fourth-order valence-electron chi connectivity index (χ4n) is 4.32. The summed E-state index contributed by atoms with van der Waals surface area (Å²) in [6, 6.07) is 15.2. The summed E-state index contributed by atoms with van der Waals surface area (Å²) in [7, 11) is 2.20. The Balaban J connectivity index is 1.55. The Hall–Kier alpha value is -2.53. The number of benzene rings is 1. The molecule has 5 nitrogen and oxygen atoms in total. The summed E-state index contributed by atoms with van der Waals surface area (Å²) in [5.74, 6) is 2.13. The van der Waals surface area contributed by atoms with E-state index in [1.165, 1.54) is 23.2 Å². The van der Waals surface area contributed by atoms with E-state index in [4.69, 9.17) is 4.98 Å². The van der Waals surface area contributed by atoms with Gasteiger partial charge in [0.15, 0.2) is 0 Å². The largest absolute Gasteiger partial charge is 0.314 e. The van der Waals surface area contributed by atoms with Crippen LogP contribution in [0.3, 0.4) is 0 Å². The average molecular weight is 390 g/mol. The summed E-state index contributed by atoms with van der Waals surface area (Å²) in [6.07, 6.45) is 8.57. The van der Waals surface area contributed by atoms with E-state index < -0.39 is 0 Å². The molecular weight excluding hydrogens is 358 g/mol. The van der Waals surface area contributed by atoms with Crippen molar-refractivity contribution >= 4 is 0 Å². The highest BCUT2D eigenvalue weighted by molar-refractivity contribution is 5.25. The van der Waals surface area contributed by atoms with Crippen molar-refractivity contribution in [2.24, 2.45) is 0 Å². The molecular formula is C24H31N5. The monoisotopic (exact) mass is 389 g/mol. The van der Waals surface area contributed by atoms with Crippen molar-refractivity contribution in [1.29, 1.82) is 0 Å². The van der Waals surface area contributed by atoms with Crippen LogP contribution in [0.5, 0.6) is 0 Å². The van der Waals surface area contributed by atoms with Crippen molar-refractivity contribution in [2.75, 3.05) is 7.05 Å². The summed E-state index contributed by atoms with van der Waals surface area (Å²) in [4.78, 5) is 7.12. The van der Waals surface area contributed by atoms with Crippen molar-refractivity contribution in [3.8, 4) is 0 Å². The standard InChI is InChI=1S/C24H31N5/c1-3-4-16-29-22(17-19-10-6-5-7-11-19)26-27-23(29)18-28(2)21-14-8-12-20-13-9-15-25-24(20)21/h5-7,9-11,13,15,21H,3-4,8,12,14,16-18H2,1-2H3. The predicted octanol–water partition coefficient (Wildman–Crippen LogP) is 4.57. The van der Waals surface area contributed by atoms with Gasteiger partial charge in [0.2, 0.25) is 0 Å². The summed E-state index contributed by atoms with van der Waals surface area (Å²) < 4.78 is 2.34. The first-order chi connectivity index (χ1) is 14.3. The minimum Gasteiger partial charge on any atom is -0.314 e. The molecule has 4 rings (SSSR count). The van der Waals surface area contributed by atoms with Gasteiger partial charge < -0.3 is 4.57 Å². The molecule has 0 N–H and O–H groups in total. The Bertz CT molecular complexity index is 918. The fraction of sp³-hybridized carbons (Fsp3) is 0.458. The molecule has 0 radical (unpaired) electrons. The SMILES string of the molecule is CCCCn1c(Cc2ccccc2)nnc1CN(C)C1CCCc2cccnc21. The van der Waals surface area contributed by atoms with Gasteiger partial charge in [-0.2, -0.15) is 0 Å². The quantitative estimate of drug-likeness (QED) is 0.566. The number of nitrogens with zero attached hydrogens (tertiary/aromatic N) is 5. The third kappa shape index (κ3) is 4.56. The minimum absolute atomic E-state index is 0.355. The van der Waals surface area contributed by atoms with Crippen LogP contribution in [0, 0.1) is 0 Å². The minimum atomic E-state index is 0.355. The number of fused-ring (bicyclic) bond motifs is 1. The zero-order valence-electron chi connectivity index (χ0n) is 17.6. The maximum absolute atomic E-state index is 4.71. The molecule has 0 bridgehead atoms. The lowest BCUT2D eigenvalue weighted by atomic mass is 9.91. The van der Waals surface area contributed by atoms with Gasteiger partial charge in [-0.3, -0.25) is 9.88 Å². The van der Waals surface area contributed by atoms with E-state index in [1.54, 1.807) is 0 Å². The molecule has 3 aromatic rings. The van der Waals surface area contributed by atoms with Gasteiger partial charge in [0.25, 0.3) is 0 Å². The number of aromatic nitrogens is 4. The normalized spacial score (nSPS) is 16.2. The first kappa shape index (κ1) is 19.8. The molecule has 1 atom stereocenters. The van der Waals surface area contributed by atoms with E-state index in [-0.39, 0.29) is 0 Å². The van der Waals surface area contributed by atoms with Crippen molar-refractivity contribution in [3.63, 3.8) is 0 Å². The predicted molar refractivity (Wildman–Crippen MR) is 116 cm³/mol. The Morgan fingerprint density at radius 1 is 1.07 bits per heavy atom. The molecule has 0 fully saturated rings. The van der Waals surface area contributed by atoms with Crippen LogP contribution in [0.4, 0.5) is 0 Å². The highest BCUT2D eigenvalue weighted by atomic mass is 15.3. The van der Waals surface area contributed by atoms with E-state index in [2.05, 4.69) is 76.1 Å². The van der Waals surface area contributed by atoms with Gasteiger partial charge in [-0.25, -0.2) is 0 Å². The molecule has 1 unspecified atom stereocenters. The van der Waals surface area contributed by atoms with E-state index in [0.29, 0.717) is 6.04 Å². The van der Waals surface area contributed by atoms with Crippen LogP contribution < -0.4 is 0 Å². The Morgan fingerprint density at radius 3 is 2.72 bits per heavy atom. The maximum Gasteiger partial charge on any atom is 0.147 e. The van der Waals surface area contributed by atoms with Crippen LogP contribution >= 0.6 is 0 Å². The van der Waals surface area contributed by atoms with Gasteiger partial charge >= 0.3 is 0 Å². The van der Waals surface area contributed by atoms with Crippen LogP contribution in [-0.2, 0) is 25.9 Å². The summed E-state index contributed by atoms with van der Waals surface area (Å²) in [5, 5.41) is 9.18. The van der Waals surface area contributed by atoms with Gasteiger partial charge in [-0.05, 0) is 49.9 Å². The van der Waals surface area contributed by atoms with Crippen molar-refractivity contribution < 1.29 is 0 Å². The molecule has 0 amide bonds. The van der Waals surface area contributed by atoms with Crippen molar-refractivity contribution in [2.45, 2.75) is 64.6 Å². The van der Waals surface area contributed by atoms with Gasteiger partial charge in [0.1, 0.15) is 11.6 Å². The summed E-state index contributed by atoms with van der Waals surface area (Å²) in [5.41, 5.74) is 3.92. The van der Waals surface area contributed by atoms with Gasteiger partial charge in [0, 0.05) is 19.2 Å². The van der Waals surface area contributed by atoms with Gasteiger partial charge in [-0.15, -0.1) is 10.2 Å². The Kier molecular flexibility index (Phi) is 6.35. The third-order valence-corrected chi connectivity index (χ3v) is 5.93. The van der Waals surface area contributed by atoms with E-state index in [9.17, 15) is 0 Å². The second-order valence-corrected chi connectivity index (χ2v) is 8.07. The lowest BCUT2D eigenvalue weighted by Gasteiger charge is -2.32. The molecule has 2 heterocycles. The average Bonchev–Trinajstić information content (AvgIpc) is 3.13. The lowest BCUT2D eigenvalue weighted by Crippen LogP contribution is -2.29. The maximum atomic E-state index is 4.71. The number of hydrogen-bond acceptors (Lipinski definition) is 4. The smallest absolute Gasteiger partial charge is 0.147 e. The summed E-state index contributed by atoms with van der Waals surface area (Å²) in [6.45, 7) is 4.01. The first-order valence-electron chi connectivity index (χ1n) is 10.8. The number of rotatable bonds is 8. The van der Waals surface area contributed by atoms with E-state index in [1.807, 2.05) is 6.20 Å². The van der Waals surface area contributed by atoms with Crippen molar-refractivity contribution in [3.05, 3.63) is 77.1 Å². The molecule has 1 aromatic carbocycles. The molecule has 29 heavy (non-hydrogen) atoms. The van der Waals surface area contributed by atoms with Gasteiger partial charge in [0.05, 0.1) is 18.3 Å². The molecule has 2 aromatic heterocycles. The zero-order valence-corrected chi connectivity index (χ0v) is 17.6. The first-order valence-corrected chi connectivity index (χ1v) is 10.8. The van der Waals surface area contributed by atoms with Crippen LogP contribution in [0.2, 0.25) is 0 Å². The lowest BCUT2D eigenvalue weighted by molar-refractivity contribution is 0.200. The number of hydrogen-bond donors (Lipinski definition) is 0. The topological polar surface area (TPSA) is 46.8 Å². The number of pyridine rings is 1. The molecule has 152 valence electrons. The fourth-order valence-corrected chi connectivity index (χ4v) is 4.32. The Morgan fingerprint density at radius 2 is 1.90 bits per heavy atom. The summed E-state index contributed by atoms with van der Waals surface area (Å²) >= 11 is 0. The van der Waals surface area contributed by atoms with Crippen LogP contribution in [0.1, 0.15) is 67.1 Å². The van der Waals surface area contributed by atoms with Crippen molar-refractivity contribution in [1.82, 2.24) is 24.6 Å². The van der Waals surface area contributed by atoms with E-state index in [0.717, 1.165) is 56.8 Å².